The third kappa shape index (κ3) is 5.79. The second-order valence-corrected chi connectivity index (χ2v) is 6.24. The van der Waals surface area contributed by atoms with Gasteiger partial charge in [-0.25, -0.2) is 0 Å². The summed E-state index contributed by atoms with van der Waals surface area (Å²) in [6.45, 7) is 6.78. The van der Waals surface area contributed by atoms with E-state index in [1.54, 1.807) is 11.8 Å². The van der Waals surface area contributed by atoms with E-state index in [0.717, 1.165) is 22.9 Å². The second kappa shape index (κ2) is 9.62. The maximum atomic E-state index is 12.2. The summed E-state index contributed by atoms with van der Waals surface area (Å²) in [4.78, 5) is 26.1. The van der Waals surface area contributed by atoms with Crippen molar-refractivity contribution >= 4 is 27.7 Å². The smallest absolute Gasteiger partial charge is 0.242 e. The summed E-state index contributed by atoms with van der Waals surface area (Å²) in [5.41, 5.74) is 1.00. The van der Waals surface area contributed by atoms with Crippen molar-refractivity contribution < 1.29 is 9.59 Å². The fourth-order valence-electron chi connectivity index (χ4n) is 2.15. The van der Waals surface area contributed by atoms with E-state index < -0.39 is 6.04 Å². The van der Waals surface area contributed by atoms with Gasteiger partial charge < -0.3 is 10.2 Å². The molecule has 0 spiro atoms. The molecule has 0 aliphatic heterocycles. The average Bonchev–Trinajstić information content (AvgIpc) is 2.51. The lowest BCUT2D eigenvalue weighted by molar-refractivity contribution is -0.140. The quantitative estimate of drug-likeness (QED) is 0.713. The highest BCUT2D eigenvalue weighted by Crippen LogP contribution is 2.15. The molecule has 0 saturated heterocycles. The van der Waals surface area contributed by atoms with Gasteiger partial charge in [0, 0.05) is 24.0 Å². The van der Waals surface area contributed by atoms with Crippen LogP contribution in [0.1, 0.15) is 45.6 Å². The molecule has 0 fully saturated rings. The highest BCUT2D eigenvalue weighted by molar-refractivity contribution is 9.10. The van der Waals surface area contributed by atoms with Gasteiger partial charge in [-0.3, -0.25) is 9.59 Å². The van der Waals surface area contributed by atoms with E-state index in [1.165, 1.54) is 0 Å². The van der Waals surface area contributed by atoms with Crippen LogP contribution in [0.5, 0.6) is 0 Å². The zero-order valence-electron chi connectivity index (χ0n) is 13.6. The third-order valence-electron chi connectivity index (χ3n) is 3.54. The van der Waals surface area contributed by atoms with Gasteiger partial charge in [-0.15, -0.1) is 0 Å². The number of nitrogens with zero attached hydrogens (tertiary/aromatic N) is 1. The van der Waals surface area contributed by atoms with Gasteiger partial charge in [-0.05, 0) is 31.0 Å². The number of hydrogen-bond acceptors (Lipinski definition) is 2. The number of halogens is 1. The van der Waals surface area contributed by atoms with E-state index in [-0.39, 0.29) is 11.8 Å². The second-order valence-electron chi connectivity index (χ2n) is 5.33. The van der Waals surface area contributed by atoms with Crippen molar-refractivity contribution in [2.45, 2.75) is 52.6 Å². The molecule has 1 aromatic rings. The normalized spacial score (nSPS) is 11.8. The van der Waals surface area contributed by atoms with Gasteiger partial charge in [0.2, 0.25) is 11.8 Å². The van der Waals surface area contributed by atoms with Crippen molar-refractivity contribution in [1.29, 1.82) is 0 Å². The van der Waals surface area contributed by atoms with Crippen molar-refractivity contribution in [3.8, 4) is 0 Å². The predicted octanol–water partition coefficient (Wildman–Crippen LogP) is 3.49. The fraction of sp³-hybridized carbons (Fsp3) is 0.529. The third-order valence-corrected chi connectivity index (χ3v) is 4.03. The maximum absolute atomic E-state index is 12.2. The summed E-state index contributed by atoms with van der Waals surface area (Å²) < 4.78 is 0.967. The average molecular weight is 369 g/mol. The molecule has 0 heterocycles. The topological polar surface area (TPSA) is 49.4 Å². The van der Waals surface area contributed by atoms with Crippen molar-refractivity contribution in [1.82, 2.24) is 10.2 Å². The number of carbonyl (C=O) groups excluding carboxylic acids is 2. The molecule has 2 amide bonds. The van der Waals surface area contributed by atoms with E-state index in [4.69, 9.17) is 0 Å². The molecular formula is C17H25BrN2O2. The maximum Gasteiger partial charge on any atom is 0.242 e. The monoisotopic (exact) mass is 368 g/mol. The first-order chi connectivity index (χ1) is 10.5. The number of carbonyl (C=O) groups is 2. The molecule has 0 saturated carbocycles. The number of nitrogens with one attached hydrogen (secondary N) is 1. The van der Waals surface area contributed by atoms with E-state index in [2.05, 4.69) is 28.2 Å². The van der Waals surface area contributed by atoms with Gasteiger partial charge in [-0.2, -0.15) is 0 Å². The van der Waals surface area contributed by atoms with Gasteiger partial charge in [0.25, 0.3) is 0 Å². The molecule has 0 aliphatic rings. The van der Waals surface area contributed by atoms with Crippen LogP contribution in [-0.4, -0.2) is 29.3 Å². The minimum atomic E-state index is -0.469. The highest BCUT2D eigenvalue weighted by Gasteiger charge is 2.24. The molecule has 1 aromatic carbocycles. The number of hydrogen-bond donors (Lipinski definition) is 1. The number of benzene rings is 1. The first kappa shape index (κ1) is 18.7. The SMILES string of the molecule is CCCCNC(=O)C(C)N(Cc1cccc(Br)c1)C(=O)CC. The van der Waals surface area contributed by atoms with Gasteiger partial charge >= 0.3 is 0 Å². The van der Waals surface area contributed by atoms with Crippen molar-refractivity contribution in [2.24, 2.45) is 0 Å². The van der Waals surface area contributed by atoms with Crippen LogP contribution in [0.4, 0.5) is 0 Å². The van der Waals surface area contributed by atoms with Crippen molar-refractivity contribution in [3.63, 3.8) is 0 Å². The molecule has 1 atom stereocenters. The number of amides is 2. The lowest BCUT2D eigenvalue weighted by Crippen LogP contribution is -2.47. The fourth-order valence-corrected chi connectivity index (χ4v) is 2.60. The largest absolute Gasteiger partial charge is 0.354 e. The molecule has 22 heavy (non-hydrogen) atoms. The molecule has 1 N–H and O–H groups in total. The Kier molecular flexibility index (Phi) is 8.17. The highest BCUT2D eigenvalue weighted by atomic mass is 79.9. The van der Waals surface area contributed by atoms with Gasteiger partial charge in [0.05, 0.1) is 0 Å². The van der Waals surface area contributed by atoms with Gasteiger partial charge in [-0.1, -0.05) is 48.3 Å². The van der Waals surface area contributed by atoms with Crippen LogP contribution >= 0.6 is 15.9 Å². The molecule has 0 aromatic heterocycles. The van der Waals surface area contributed by atoms with Crippen LogP contribution in [0.2, 0.25) is 0 Å². The van der Waals surface area contributed by atoms with Gasteiger partial charge in [0.1, 0.15) is 6.04 Å². The summed E-state index contributed by atoms with van der Waals surface area (Å²) in [6, 6.07) is 7.33. The van der Waals surface area contributed by atoms with E-state index in [1.807, 2.05) is 31.2 Å². The summed E-state index contributed by atoms with van der Waals surface area (Å²) in [7, 11) is 0. The minimum Gasteiger partial charge on any atom is -0.354 e. The van der Waals surface area contributed by atoms with Crippen molar-refractivity contribution in [2.75, 3.05) is 6.54 Å². The predicted molar refractivity (Wildman–Crippen MR) is 92.4 cm³/mol. The molecule has 4 nitrogen and oxygen atoms in total. The molecule has 0 bridgehead atoms. The number of rotatable bonds is 8. The van der Waals surface area contributed by atoms with Crippen LogP contribution in [0.25, 0.3) is 0 Å². The molecule has 0 radical (unpaired) electrons. The molecule has 0 aliphatic carbocycles. The lowest BCUT2D eigenvalue weighted by atomic mass is 10.1. The molecule has 122 valence electrons. The van der Waals surface area contributed by atoms with Crippen LogP contribution in [0.3, 0.4) is 0 Å². The Hall–Kier alpha value is -1.36. The van der Waals surface area contributed by atoms with Crippen LogP contribution in [0, 0.1) is 0 Å². The summed E-state index contributed by atoms with van der Waals surface area (Å²) in [5.74, 6) is -0.108. The Labute approximate surface area is 141 Å². The van der Waals surface area contributed by atoms with Crippen LogP contribution in [-0.2, 0) is 16.1 Å². The Balaban J connectivity index is 2.79. The Morgan fingerprint density at radius 1 is 1.32 bits per heavy atom. The Morgan fingerprint density at radius 3 is 2.64 bits per heavy atom. The Bertz CT molecular complexity index is 505. The lowest BCUT2D eigenvalue weighted by Gasteiger charge is -2.28. The molecule has 1 unspecified atom stereocenters. The van der Waals surface area contributed by atoms with E-state index in [9.17, 15) is 9.59 Å². The number of unbranched alkanes of at least 4 members (excludes halogenated alkanes) is 1. The van der Waals surface area contributed by atoms with Gasteiger partial charge in [0.15, 0.2) is 0 Å². The van der Waals surface area contributed by atoms with Crippen molar-refractivity contribution in [3.05, 3.63) is 34.3 Å². The first-order valence-corrected chi connectivity index (χ1v) is 8.60. The zero-order valence-corrected chi connectivity index (χ0v) is 15.1. The van der Waals surface area contributed by atoms with E-state index in [0.29, 0.717) is 19.5 Å². The van der Waals surface area contributed by atoms with Crippen LogP contribution < -0.4 is 5.32 Å². The molecular weight excluding hydrogens is 344 g/mol. The summed E-state index contributed by atoms with van der Waals surface area (Å²) >= 11 is 3.43. The summed E-state index contributed by atoms with van der Waals surface area (Å²) in [6.07, 6.45) is 2.37. The first-order valence-electron chi connectivity index (χ1n) is 7.81. The Morgan fingerprint density at radius 2 is 2.05 bits per heavy atom. The standard InChI is InChI=1S/C17H25BrN2O2/c1-4-6-10-19-17(22)13(3)20(16(21)5-2)12-14-8-7-9-15(18)11-14/h7-9,11,13H,4-6,10,12H2,1-3H3,(H,19,22). The van der Waals surface area contributed by atoms with Crippen LogP contribution in [0.15, 0.2) is 28.7 Å². The molecule has 5 heteroatoms. The molecule has 1 rings (SSSR count). The van der Waals surface area contributed by atoms with E-state index >= 15 is 0 Å². The summed E-state index contributed by atoms with van der Waals surface area (Å²) in [5, 5.41) is 2.90. The minimum absolute atomic E-state index is 0.0156. The zero-order chi connectivity index (χ0) is 16.5.